The first-order valence-corrected chi connectivity index (χ1v) is 12.4. The van der Waals surface area contributed by atoms with Crippen molar-refractivity contribution in [1.82, 2.24) is 0 Å². The predicted molar refractivity (Wildman–Crippen MR) is 145 cm³/mol. The van der Waals surface area contributed by atoms with E-state index in [2.05, 4.69) is 5.32 Å². The Balaban J connectivity index is 1.47. The van der Waals surface area contributed by atoms with E-state index in [0.29, 0.717) is 22.7 Å². The topological polar surface area (TPSA) is 67.9 Å². The average Bonchev–Trinajstić information content (AvgIpc) is 3.15. The van der Waals surface area contributed by atoms with Crippen LogP contribution in [0, 0.1) is 6.92 Å². The zero-order valence-corrected chi connectivity index (χ0v) is 21.8. The van der Waals surface area contributed by atoms with Crippen molar-refractivity contribution in [3.63, 3.8) is 0 Å². The van der Waals surface area contributed by atoms with E-state index >= 15 is 0 Å². The number of alkyl halides is 3. The van der Waals surface area contributed by atoms with Crippen molar-refractivity contribution >= 4 is 57.6 Å². The summed E-state index contributed by atoms with van der Waals surface area (Å²) in [6.45, 7) is 1.67. The van der Waals surface area contributed by atoms with Crippen molar-refractivity contribution < 1.29 is 32.2 Å². The molecule has 0 saturated carbocycles. The summed E-state index contributed by atoms with van der Waals surface area (Å²) in [7, 11) is 1.44. The van der Waals surface area contributed by atoms with Crippen LogP contribution in [0.5, 0.6) is 11.5 Å². The van der Waals surface area contributed by atoms with Crippen LogP contribution in [0.2, 0.25) is 0 Å². The summed E-state index contributed by atoms with van der Waals surface area (Å²) >= 11 is 6.26. The average molecular weight is 559 g/mol. The third-order valence-corrected chi connectivity index (χ3v) is 6.67. The highest BCUT2D eigenvalue weighted by Crippen LogP contribution is 2.39. The Morgan fingerprint density at radius 3 is 2.55 bits per heavy atom. The maximum atomic E-state index is 13.1. The molecule has 3 aromatic carbocycles. The van der Waals surface area contributed by atoms with Crippen LogP contribution >= 0.6 is 24.0 Å². The summed E-state index contributed by atoms with van der Waals surface area (Å²) in [5, 5.41) is 2.75. The van der Waals surface area contributed by atoms with Gasteiger partial charge >= 0.3 is 6.18 Å². The molecule has 1 heterocycles. The third-order valence-electron chi connectivity index (χ3n) is 5.37. The van der Waals surface area contributed by atoms with Crippen LogP contribution in [0.4, 0.5) is 24.5 Å². The molecule has 0 aromatic heterocycles. The highest BCUT2D eigenvalue weighted by Gasteiger charge is 2.36. The molecule has 0 atom stereocenters. The van der Waals surface area contributed by atoms with Gasteiger partial charge in [-0.15, -0.1) is 0 Å². The van der Waals surface area contributed by atoms with Gasteiger partial charge < -0.3 is 14.8 Å². The summed E-state index contributed by atoms with van der Waals surface area (Å²) in [5.41, 5.74) is 1.40. The number of halogens is 3. The van der Waals surface area contributed by atoms with Crippen molar-refractivity contribution in [1.29, 1.82) is 0 Å². The van der Waals surface area contributed by atoms with Crippen LogP contribution in [-0.2, 0) is 15.8 Å². The van der Waals surface area contributed by atoms with Gasteiger partial charge in [0.15, 0.2) is 22.4 Å². The van der Waals surface area contributed by atoms with Gasteiger partial charge in [-0.25, -0.2) is 0 Å². The number of carbonyl (C=O) groups excluding carboxylic acids is 2. The number of carbonyl (C=O) groups is 2. The quantitative estimate of drug-likeness (QED) is 0.266. The van der Waals surface area contributed by atoms with Gasteiger partial charge in [0.05, 0.1) is 23.3 Å². The third kappa shape index (κ3) is 6.35. The summed E-state index contributed by atoms with van der Waals surface area (Å²) in [4.78, 5) is 26.6. The molecule has 0 radical (unpaired) electrons. The van der Waals surface area contributed by atoms with Gasteiger partial charge in [0.2, 0.25) is 0 Å². The molecule has 4 rings (SSSR count). The summed E-state index contributed by atoms with van der Waals surface area (Å²) in [5.74, 6) is -0.234. The van der Waals surface area contributed by atoms with Gasteiger partial charge in [0.25, 0.3) is 11.8 Å². The Morgan fingerprint density at radius 2 is 1.84 bits per heavy atom. The fourth-order valence-electron chi connectivity index (χ4n) is 3.62. The minimum Gasteiger partial charge on any atom is -0.493 e. The molecule has 0 aliphatic carbocycles. The molecule has 1 fully saturated rings. The van der Waals surface area contributed by atoms with Gasteiger partial charge in [0.1, 0.15) is 0 Å². The lowest BCUT2D eigenvalue weighted by Gasteiger charge is -2.16. The fourth-order valence-corrected chi connectivity index (χ4v) is 4.92. The van der Waals surface area contributed by atoms with E-state index in [4.69, 9.17) is 21.7 Å². The summed E-state index contributed by atoms with van der Waals surface area (Å²) in [6, 6.07) is 16.7. The van der Waals surface area contributed by atoms with E-state index in [1.165, 1.54) is 19.2 Å². The predicted octanol–water partition coefficient (Wildman–Crippen LogP) is 6.45. The number of ether oxygens (including phenoxy) is 2. The number of anilines is 2. The van der Waals surface area contributed by atoms with Crippen molar-refractivity contribution in [3.05, 3.63) is 88.3 Å². The largest absolute Gasteiger partial charge is 0.493 e. The minimum absolute atomic E-state index is 0.0380. The number of hydrogen-bond acceptors (Lipinski definition) is 6. The van der Waals surface area contributed by atoms with Crippen LogP contribution in [0.3, 0.4) is 0 Å². The zero-order valence-electron chi connectivity index (χ0n) is 20.2. The molecule has 38 heavy (non-hydrogen) atoms. The minimum atomic E-state index is -4.55. The molecule has 196 valence electrons. The molecule has 0 unspecified atom stereocenters. The van der Waals surface area contributed by atoms with E-state index in [-0.39, 0.29) is 27.4 Å². The molecule has 0 bridgehead atoms. The van der Waals surface area contributed by atoms with Gasteiger partial charge in [-0.2, -0.15) is 13.2 Å². The Bertz CT molecular complexity index is 1440. The maximum absolute atomic E-state index is 13.1. The zero-order chi connectivity index (χ0) is 27.4. The number of thiocarbonyl (C=S) groups is 1. The first-order chi connectivity index (χ1) is 18.0. The number of aryl methyl sites for hydroxylation is 1. The number of amides is 2. The Kier molecular flexibility index (Phi) is 8.08. The van der Waals surface area contributed by atoms with E-state index in [0.717, 1.165) is 34.4 Å². The van der Waals surface area contributed by atoms with Crippen molar-refractivity contribution in [2.24, 2.45) is 0 Å². The Morgan fingerprint density at radius 1 is 1.08 bits per heavy atom. The number of methoxy groups -OCH3 is 1. The van der Waals surface area contributed by atoms with Crippen LogP contribution < -0.4 is 19.7 Å². The normalized spacial score (nSPS) is 14.7. The second-order valence-electron chi connectivity index (χ2n) is 8.18. The Hall–Kier alpha value is -3.83. The van der Waals surface area contributed by atoms with E-state index in [1.807, 2.05) is 25.1 Å². The van der Waals surface area contributed by atoms with Crippen molar-refractivity contribution in [3.8, 4) is 11.5 Å². The molecule has 11 heteroatoms. The first-order valence-electron chi connectivity index (χ1n) is 11.2. The Labute approximate surface area is 226 Å². The first kappa shape index (κ1) is 27.2. The molecule has 1 N–H and O–H groups in total. The molecule has 1 aliphatic rings. The lowest BCUT2D eigenvalue weighted by atomic mass is 10.1. The molecule has 0 spiro atoms. The van der Waals surface area contributed by atoms with E-state index in [9.17, 15) is 22.8 Å². The number of thioether (sulfide) groups is 1. The second kappa shape index (κ2) is 11.3. The molecule has 6 nitrogen and oxygen atoms in total. The van der Waals surface area contributed by atoms with Crippen LogP contribution in [0.15, 0.2) is 71.6 Å². The smallest absolute Gasteiger partial charge is 0.416 e. The number of nitrogens with one attached hydrogen (secondary N) is 1. The second-order valence-corrected chi connectivity index (χ2v) is 9.86. The maximum Gasteiger partial charge on any atom is 0.416 e. The van der Waals surface area contributed by atoms with Crippen LogP contribution in [0.25, 0.3) is 6.08 Å². The van der Waals surface area contributed by atoms with Crippen molar-refractivity contribution in [2.75, 3.05) is 23.9 Å². The number of benzene rings is 3. The summed E-state index contributed by atoms with van der Waals surface area (Å²) < 4.78 is 50.5. The molecule has 2 amide bonds. The molecule has 1 saturated heterocycles. The lowest BCUT2D eigenvalue weighted by molar-refractivity contribution is -0.137. The monoisotopic (exact) mass is 558 g/mol. The molecular formula is C27H21F3N2O4S2. The molecule has 3 aromatic rings. The van der Waals surface area contributed by atoms with E-state index in [1.54, 1.807) is 30.3 Å². The fraction of sp³-hybridized carbons (Fsp3) is 0.148. The van der Waals surface area contributed by atoms with E-state index < -0.39 is 17.6 Å². The van der Waals surface area contributed by atoms with Gasteiger partial charge in [-0.05, 0) is 66.6 Å². The number of hydrogen-bond donors (Lipinski definition) is 1. The van der Waals surface area contributed by atoms with Crippen LogP contribution in [0.1, 0.15) is 16.7 Å². The summed E-state index contributed by atoms with van der Waals surface area (Å²) in [6.07, 6.45) is -2.99. The van der Waals surface area contributed by atoms with Crippen molar-refractivity contribution in [2.45, 2.75) is 13.1 Å². The van der Waals surface area contributed by atoms with Gasteiger partial charge in [-0.1, -0.05) is 48.2 Å². The standard InChI is InChI=1S/C27H21F3N2O4S2/c1-16-5-3-7-19(11-16)31-24(33)15-36-21-10-9-17(12-22(21)35-2)13-23-25(34)32(26(37)38-23)20-8-4-6-18(14-20)27(28,29)30/h3-14H,15H2,1-2H3,(H,31,33)/b23-13-. The highest BCUT2D eigenvalue weighted by atomic mass is 32.2. The number of rotatable bonds is 7. The highest BCUT2D eigenvalue weighted by molar-refractivity contribution is 8.27. The molecule has 1 aliphatic heterocycles. The molecular weight excluding hydrogens is 537 g/mol. The van der Waals surface area contributed by atoms with Gasteiger partial charge in [-0.3, -0.25) is 14.5 Å². The van der Waals surface area contributed by atoms with Gasteiger partial charge in [0, 0.05) is 5.69 Å². The van der Waals surface area contributed by atoms with Crippen LogP contribution in [-0.4, -0.2) is 29.9 Å². The number of nitrogens with zero attached hydrogens (tertiary/aromatic N) is 1. The SMILES string of the molecule is COc1cc(/C=C2\SC(=S)N(c3cccc(C(F)(F)F)c3)C2=O)ccc1OCC(=O)Nc1cccc(C)c1. The lowest BCUT2D eigenvalue weighted by Crippen LogP contribution is -2.27.